The number of nitrogens with one attached hydrogen (secondary N) is 1. The van der Waals surface area contributed by atoms with Crippen molar-refractivity contribution in [2.45, 2.75) is 38.4 Å². The van der Waals surface area contributed by atoms with Crippen LogP contribution in [0.15, 0.2) is 24.4 Å². The highest BCUT2D eigenvalue weighted by molar-refractivity contribution is 5.93. The number of H-pyrrole nitrogens is 1. The maximum atomic E-state index is 12.7. The molecular weight excluding hydrogens is 321 g/mol. The van der Waals surface area contributed by atoms with Gasteiger partial charge in [0.2, 0.25) is 5.91 Å². The molecule has 1 fully saturated rings. The second kappa shape index (κ2) is 6.37. The molecule has 0 aliphatic heterocycles. The van der Waals surface area contributed by atoms with Gasteiger partial charge in [0.05, 0.1) is 13.0 Å². The second-order valence-electron chi connectivity index (χ2n) is 5.97. The van der Waals surface area contributed by atoms with Crippen LogP contribution >= 0.6 is 0 Å². The molecule has 1 heterocycles. The maximum absolute atomic E-state index is 12.7. The lowest BCUT2D eigenvalue weighted by atomic mass is 10.1. The number of rotatable bonds is 6. The Morgan fingerprint density at radius 3 is 2.75 bits per heavy atom. The summed E-state index contributed by atoms with van der Waals surface area (Å²) >= 11 is 0. The summed E-state index contributed by atoms with van der Waals surface area (Å²) in [7, 11) is 0. The van der Waals surface area contributed by atoms with Crippen LogP contribution in [0.25, 0.3) is 10.9 Å². The monoisotopic (exact) mass is 340 g/mol. The van der Waals surface area contributed by atoms with E-state index in [1.54, 1.807) is 12.3 Å². The normalized spacial score (nSPS) is 14.8. The van der Waals surface area contributed by atoms with E-state index in [9.17, 15) is 18.0 Å². The van der Waals surface area contributed by atoms with Crippen LogP contribution in [-0.4, -0.2) is 41.2 Å². The van der Waals surface area contributed by atoms with Crippen molar-refractivity contribution in [1.29, 1.82) is 0 Å². The summed E-state index contributed by atoms with van der Waals surface area (Å²) < 4.78 is 43.8. The van der Waals surface area contributed by atoms with E-state index < -0.39 is 18.6 Å². The minimum Gasteiger partial charge on any atom is -0.493 e. The van der Waals surface area contributed by atoms with Gasteiger partial charge in [0.15, 0.2) is 0 Å². The van der Waals surface area contributed by atoms with Gasteiger partial charge in [-0.05, 0) is 37.5 Å². The van der Waals surface area contributed by atoms with Gasteiger partial charge in [-0.1, -0.05) is 6.07 Å². The third-order valence-corrected chi connectivity index (χ3v) is 4.05. The Balaban J connectivity index is 1.84. The number of carbonyl (C=O) groups is 1. The fraction of sp³-hybridized carbons (Fsp3) is 0.471. The van der Waals surface area contributed by atoms with Crippen molar-refractivity contribution in [2.75, 3.05) is 13.2 Å². The predicted octanol–water partition coefficient (Wildman–Crippen LogP) is 3.66. The van der Waals surface area contributed by atoms with Crippen LogP contribution in [0.4, 0.5) is 13.2 Å². The molecule has 4 nitrogen and oxygen atoms in total. The van der Waals surface area contributed by atoms with E-state index in [2.05, 4.69) is 4.98 Å². The summed E-state index contributed by atoms with van der Waals surface area (Å²) in [5, 5.41) is 0.760. The molecule has 2 aromatic rings. The number of nitrogens with zero attached hydrogens (tertiary/aromatic N) is 1. The molecule has 0 radical (unpaired) electrons. The van der Waals surface area contributed by atoms with Gasteiger partial charge in [-0.25, -0.2) is 0 Å². The smallest absolute Gasteiger partial charge is 0.406 e. The highest BCUT2D eigenvalue weighted by Gasteiger charge is 2.40. The zero-order chi connectivity index (χ0) is 17.3. The largest absolute Gasteiger partial charge is 0.493 e. The molecule has 0 atom stereocenters. The lowest BCUT2D eigenvalue weighted by Gasteiger charge is -2.23. The van der Waals surface area contributed by atoms with Crippen LogP contribution in [0.5, 0.6) is 5.75 Å². The van der Waals surface area contributed by atoms with Crippen molar-refractivity contribution in [3.05, 3.63) is 30.0 Å². The average molecular weight is 340 g/mol. The van der Waals surface area contributed by atoms with Gasteiger partial charge in [0.25, 0.3) is 0 Å². The minimum absolute atomic E-state index is 0.0728. The Labute approximate surface area is 137 Å². The summed E-state index contributed by atoms with van der Waals surface area (Å²) in [5.41, 5.74) is 1.46. The number of amides is 1. The van der Waals surface area contributed by atoms with Gasteiger partial charge in [-0.15, -0.1) is 0 Å². The van der Waals surface area contributed by atoms with E-state index in [0.29, 0.717) is 30.8 Å². The van der Waals surface area contributed by atoms with Gasteiger partial charge in [0, 0.05) is 23.1 Å². The first kappa shape index (κ1) is 16.7. The van der Waals surface area contributed by atoms with E-state index in [-0.39, 0.29) is 12.5 Å². The summed E-state index contributed by atoms with van der Waals surface area (Å²) in [4.78, 5) is 16.5. The second-order valence-corrected chi connectivity index (χ2v) is 5.97. The van der Waals surface area contributed by atoms with Crippen molar-refractivity contribution < 1.29 is 22.7 Å². The Morgan fingerprint density at radius 2 is 2.12 bits per heavy atom. The standard InChI is InChI=1S/C17H19F3N2O2/c1-2-24-14-5-3-4-13-16(14)11(9-21-13)8-15(23)22(12-6-7-12)10-17(18,19)20/h3-5,9,12,21H,2,6-8,10H2,1H3. The highest BCUT2D eigenvalue weighted by atomic mass is 19.4. The molecule has 1 N–H and O–H groups in total. The van der Waals surface area contributed by atoms with E-state index >= 15 is 0 Å². The zero-order valence-electron chi connectivity index (χ0n) is 13.3. The average Bonchev–Trinajstić information content (AvgIpc) is 3.27. The van der Waals surface area contributed by atoms with Crippen LogP contribution in [0.3, 0.4) is 0 Å². The van der Waals surface area contributed by atoms with E-state index in [0.717, 1.165) is 15.8 Å². The number of alkyl halides is 3. The number of carbonyl (C=O) groups excluding carboxylic acids is 1. The van der Waals surface area contributed by atoms with Crippen molar-refractivity contribution >= 4 is 16.8 Å². The van der Waals surface area contributed by atoms with Crippen molar-refractivity contribution in [3.63, 3.8) is 0 Å². The lowest BCUT2D eigenvalue weighted by Crippen LogP contribution is -2.41. The van der Waals surface area contributed by atoms with E-state index in [4.69, 9.17) is 4.74 Å². The molecular formula is C17H19F3N2O2. The number of aromatic nitrogens is 1. The first-order valence-corrected chi connectivity index (χ1v) is 7.97. The molecule has 0 spiro atoms. The number of hydrogen-bond donors (Lipinski definition) is 1. The molecule has 0 bridgehead atoms. The van der Waals surface area contributed by atoms with Crippen LogP contribution < -0.4 is 4.74 Å². The summed E-state index contributed by atoms with van der Waals surface area (Å²) in [6.45, 7) is 1.14. The summed E-state index contributed by atoms with van der Waals surface area (Å²) in [6, 6.07) is 5.19. The third-order valence-electron chi connectivity index (χ3n) is 4.05. The number of fused-ring (bicyclic) bond motifs is 1. The molecule has 1 aromatic carbocycles. The number of aromatic amines is 1. The topological polar surface area (TPSA) is 45.3 Å². The van der Waals surface area contributed by atoms with Gasteiger partial charge in [-0.3, -0.25) is 4.79 Å². The lowest BCUT2D eigenvalue weighted by molar-refractivity contribution is -0.162. The molecule has 3 rings (SSSR count). The Morgan fingerprint density at radius 1 is 1.38 bits per heavy atom. The molecule has 1 amide bonds. The zero-order valence-corrected chi connectivity index (χ0v) is 13.3. The fourth-order valence-electron chi connectivity index (χ4n) is 2.90. The highest BCUT2D eigenvalue weighted by Crippen LogP contribution is 2.33. The molecule has 1 aliphatic carbocycles. The van der Waals surface area contributed by atoms with Gasteiger partial charge in [-0.2, -0.15) is 13.2 Å². The van der Waals surface area contributed by atoms with Crippen LogP contribution in [-0.2, 0) is 11.2 Å². The predicted molar refractivity (Wildman–Crippen MR) is 84.0 cm³/mol. The van der Waals surface area contributed by atoms with E-state index in [1.165, 1.54) is 0 Å². The summed E-state index contributed by atoms with van der Waals surface area (Å²) in [5.74, 6) is 0.134. The van der Waals surface area contributed by atoms with Crippen LogP contribution in [0, 0.1) is 0 Å². The Bertz CT molecular complexity index is 735. The van der Waals surface area contributed by atoms with Crippen LogP contribution in [0.2, 0.25) is 0 Å². The molecule has 1 saturated carbocycles. The molecule has 0 unspecified atom stereocenters. The third kappa shape index (κ3) is 3.66. The first-order chi connectivity index (χ1) is 11.4. The molecule has 1 aromatic heterocycles. The van der Waals surface area contributed by atoms with Gasteiger partial charge >= 0.3 is 6.18 Å². The summed E-state index contributed by atoms with van der Waals surface area (Å²) in [6.07, 6.45) is -1.50. The number of benzene rings is 1. The van der Waals surface area contributed by atoms with E-state index in [1.807, 2.05) is 19.1 Å². The van der Waals surface area contributed by atoms with Gasteiger partial charge in [0.1, 0.15) is 12.3 Å². The molecule has 1 aliphatic rings. The molecule has 24 heavy (non-hydrogen) atoms. The minimum atomic E-state index is -4.38. The molecule has 7 heteroatoms. The van der Waals surface area contributed by atoms with Gasteiger partial charge < -0.3 is 14.6 Å². The van der Waals surface area contributed by atoms with Crippen molar-refractivity contribution in [2.24, 2.45) is 0 Å². The SMILES string of the molecule is CCOc1cccc2[nH]cc(CC(=O)N(CC(F)(F)F)C3CC3)c12. The molecule has 130 valence electrons. The molecule has 0 saturated heterocycles. The Hall–Kier alpha value is -2.18. The Kier molecular flexibility index (Phi) is 4.43. The quantitative estimate of drug-likeness (QED) is 0.872. The maximum Gasteiger partial charge on any atom is 0.406 e. The van der Waals surface area contributed by atoms with Crippen LogP contribution in [0.1, 0.15) is 25.3 Å². The van der Waals surface area contributed by atoms with Crippen molar-refractivity contribution in [1.82, 2.24) is 9.88 Å². The number of ether oxygens (including phenoxy) is 1. The first-order valence-electron chi connectivity index (χ1n) is 7.97. The fourth-order valence-corrected chi connectivity index (χ4v) is 2.90. The number of halogens is 3. The van der Waals surface area contributed by atoms with Crippen molar-refractivity contribution in [3.8, 4) is 5.75 Å². The number of hydrogen-bond acceptors (Lipinski definition) is 2.